The SMILES string of the molecule is C[C@H](NC(=O)c1cc2cc(Cl)ccc2[nH]1)C(=O)O. The molecule has 0 aliphatic rings. The van der Waals surface area contributed by atoms with Crippen molar-refractivity contribution in [2.24, 2.45) is 0 Å². The Balaban J connectivity index is 2.26. The third-order valence-corrected chi connectivity index (χ3v) is 2.78. The molecule has 18 heavy (non-hydrogen) atoms. The molecule has 1 atom stereocenters. The Kier molecular flexibility index (Phi) is 3.25. The second kappa shape index (κ2) is 4.70. The quantitative estimate of drug-likeness (QED) is 0.795. The van der Waals surface area contributed by atoms with Crippen LogP contribution < -0.4 is 5.32 Å². The van der Waals surface area contributed by atoms with Gasteiger partial charge in [0.25, 0.3) is 5.91 Å². The van der Waals surface area contributed by atoms with E-state index in [0.29, 0.717) is 10.7 Å². The van der Waals surface area contributed by atoms with E-state index in [1.54, 1.807) is 24.3 Å². The van der Waals surface area contributed by atoms with Gasteiger partial charge in [-0.25, -0.2) is 0 Å². The van der Waals surface area contributed by atoms with Crippen LogP contribution in [-0.2, 0) is 4.79 Å². The number of carbonyl (C=O) groups excluding carboxylic acids is 1. The van der Waals surface area contributed by atoms with Crippen LogP contribution in [0.15, 0.2) is 24.3 Å². The average molecular weight is 267 g/mol. The monoisotopic (exact) mass is 266 g/mol. The van der Waals surface area contributed by atoms with Crippen LogP contribution in [-0.4, -0.2) is 28.0 Å². The van der Waals surface area contributed by atoms with Gasteiger partial charge in [0.2, 0.25) is 0 Å². The number of carbonyl (C=O) groups is 2. The summed E-state index contributed by atoms with van der Waals surface area (Å²) in [6.07, 6.45) is 0. The van der Waals surface area contributed by atoms with E-state index in [2.05, 4.69) is 10.3 Å². The first-order valence-electron chi connectivity index (χ1n) is 5.29. The van der Waals surface area contributed by atoms with Gasteiger partial charge in [-0.1, -0.05) is 11.6 Å². The highest BCUT2D eigenvalue weighted by Crippen LogP contribution is 2.20. The van der Waals surface area contributed by atoms with Gasteiger partial charge in [-0.15, -0.1) is 0 Å². The summed E-state index contributed by atoms with van der Waals surface area (Å²) >= 11 is 5.84. The minimum atomic E-state index is -1.08. The zero-order valence-corrected chi connectivity index (χ0v) is 10.3. The van der Waals surface area contributed by atoms with Crippen molar-refractivity contribution in [3.05, 3.63) is 35.0 Å². The average Bonchev–Trinajstić information content (AvgIpc) is 2.71. The van der Waals surface area contributed by atoms with Crippen molar-refractivity contribution < 1.29 is 14.7 Å². The van der Waals surface area contributed by atoms with Gasteiger partial charge in [0, 0.05) is 15.9 Å². The largest absolute Gasteiger partial charge is 0.480 e. The van der Waals surface area contributed by atoms with E-state index < -0.39 is 17.9 Å². The van der Waals surface area contributed by atoms with Gasteiger partial charge in [0.05, 0.1) is 0 Å². The second-order valence-corrected chi connectivity index (χ2v) is 4.38. The third kappa shape index (κ3) is 2.46. The van der Waals surface area contributed by atoms with E-state index in [-0.39, 0.29) is 0 Å². The molecular weight excluding hydrogens is 256 g/mol. The van der Waals surface area contributed by atoms with Crippen LogP contribution in [0.4, 0.5) is 0 Å². The Morgan fingerprint density at radius 2 is 2.11 bits per heavy atom. The van der Waals surface area contributed by atoms with E-state index in [0.717, 1.165) is 10.9 Å². The van der Waals surface area contributed by atoms with Gasteiger partial charge in [-0.05, 0) is 31.2 Å². The molecule has 1 aromatic heterocycles. The number of carboxylic acids is 1. The van der Waals surface area contributed by atoms with E-state index in [4.69, 9.17) is 16.7 Å². The van der Waals surface area contributed by atoms with Crippen molar-refractivity contribution in [2.75, 3.05) is 0 Å². The Labute approximate surface area is 108 Å². The fourth-order valence-electron chi connectivity index (χ4n) is 1.56. The van der Waals surface area contributed by atoms with Crippen molar-refractivity contribution in [1.82, 2.24) is 10.3 Å². The molecule has 6 heteroatoms. The molecule has 0 saturated carbocycles. The number of fused-ring (bicyclic) bond motifs is 1. The number of amides is 1. The van der Waals surface area contributed by atoms with Crippen molar-refractivity contribution >= 4 is 34.4 Å². The van der Waals surface area contributed by atoms with Gasteiger partial charge in [0.15, 0.2) is 0 Å². The summed E-state index contributed by atoms with van der Waals surface area (Å²) in [4.78, 5) is 25.3. The van der Waals surface area contributed by atoms with Crippen molar-refractivity contribution in [3.63, 3.8) is 0 Å². The molecule has 2 aromatic rings. The molecule has 0 fully saturated rings. The lowest BCUT2D eigenvalue weighted by atomic mass is 10.2. The molecule has 2 rings (SSSR count). The smallest absolute Gasteiger partial charge is 0.325 e. The fraction of sp³-hybridized carbons (Fsp3) is 0.167. The topological polar surface area (TPSA) is 82.2 Å². The zero-order valence-electron chi connectivity index (χ0n) is 9.53. The van der Waals surface area contributed by atoms with Crippen LogP contribution in [0.5, 0.6) is 0 Å². The maximum absolute atomic E-state index is 11.8. The fourth-order valence-corrected chi connectivity index (χ4v) is 1.74. The highest BCUT2D eigenvalue weighted by Gasteiger charge is 2.16. The number of benzene rings is 1. The van der Waals surface area contributed by atoms with Gasteiger partial charge in [-0.3, -0.25) is 9.59 Å². The molecular formula is C12H11ClN2O3. The van der Waals surface area contributed by atoms with Gasteiger partial charge in [0.1, 0.15) is 11.7 Å². The number of hydrogen-bond acceptors (Lipinski definition) is 2. The van der Waals surface area contributed by atoms with Gasteiger partial charge >= 0.3 is 5.97 Å². The van der Waals surface area contributed by atoms with Gasteiger partial charge in [-0.2, -0.15) is 0 Å². The van der Waals surface area contributed by atoms with Gasteiger partial charge < -0.3 is 15.4 Å². The maximum Gasteiger partial charge on any atom is 0.325 e. The van der Waals surface area contributed by atoms with E-state index in [1.807, 2.05) is 0 Å². The minimum Gasteiger partial charge on any atom is -0.480 e. The number of rotatable bonds is 3. The van der Waals surface area contributed by atoms with E-state index in [1.165, 1.54) is 6.92 Å². The maximum atomic E-state index is 11.8. The third-order valence-electron chi connectivity index (χ3n) is 2.55. The standard InChI is InChI=1S/C12H11ClN2O3/c1-6(12(17)18)14-11(16)10-5-7-4-8(13)2-3-9(7)15-10/h2-6,15H,1H3,(H,14,16)(H,17,18)/t6-/m0/s1. The Hall–Kier alpha value is -2.01. The molecule has 1 heterocycles. The Morgan fingerprint density at radius 3 is 2.78 bits per heavy atom. The lowest BCUT2D eigenvalue weighted by Crippen LogP contribution is -2.38. The minimum absolute atomic E-state index is 0.306. The predicted molar refractivity (Wildman–Crippen MR) is 67.9 cm³/mol. The van der Waals surface area contributed by atoms with E-state index >= 15 is 0 Å². The molecule has 3 N–H and O–H groups in total. The second-order valence-electron chi connectivity index (χ2n) is 3.95. The summed E-state index contributed by atoms with van der Waals surface area (Å²) in [5, 5.41) is 12.5. The number of carboxylic acid groups (broad SMARTS) is 1. The number of aliphatic carboxylic acids is 1. The number of hydrogen-bond donors (Lipinski definition) is 3. The molecule has 0 spiro atoms. The highest BCUT2D eigenvalue weighted by molar-refractivity contribution is 6.31. The molecule has 0 unspecified atom stereocenters. The Morgan fingerprint density at radius 1 is 1.39 bits per heavy atom. The zero-order chi connectivity index (χ0) is 13.3. The molecule has 94 valence electrons. The molecule has 0 bridgehead atoms. The van der Waals surface area contributed by atoms with Crippen LogP contribution in [0.3, 0.4) is 0 Å². The van der Waals surface area contributed by atoms with E-state index in [9.17, 15) is 9.59 Å². The molecule has 0 aliphatic carbocycles. The lowest BCUT2D eigenvalue weighted by molar-refractivity contribution is -0.138. The van der Waals surface area contributed by atoms with Crippen LogP contribution in [0.25, 0.3) is 10.9 Å². The van der Waals surface area contributed by atoms with Crippen LogP contribution >= 0.6 is 11.6 Å². The molecule has 0 saturated heterocycles. The molecule has 5 nitrogen and oxygen atoms in total. The normalized spacial score (nSPS) is 12.3. The lowest BCUT2D eigenvalue weighted by Gasteiger charge is -2.07. The van der Waals surface area contributed by atoms with Crippen molar-refractivity contribution in [1.29, 1.82) is 0 Å². The van der Waals surface area contributed by atoms with Crippen LogP contribution in [0, 0.1) is 0 Å². The molecule has 1 amide bonds. The Bertz CT molecular complexity index is 621. The number of halogens is 1. The predicted octanol–water partition coefficient (Wildman–Crippen LogP) is 2.02. The van der Waals surface area contributed by atoms with Crippen LogP contribution in [0.1, 0.15) is 17.4 Å². The first-order valence-corrected chi connectivity index (χ1v) is 5.67. The highest BCUT2D eigenvalue weighted by atomic mass is 35.5. The molecule has 0 radical (unpaired) electrons. The summed E-state index contributed by atoms with van der Waals surface area (Å²) in [5.41, 5.74) is 1.08. The summed E-state index contributed by atoms with van der Waals surface area (Å²) in [7, 11) is 0. The number of nitrogens with one attached hydrogen (secondary N) is 2. The number of aromatic nitrogens is 1. The summed E-state index contributed by atoms with van der Waals surface area (Å²) in [5.74, 6) is -1.54. The number of aromatic amines is 1. The van der Waals surface area contributed by atoms with Crippen molar-refractivity contribution in [2.45, 2.75) is 13.0 Å². The first-order chi connectivity index (χ1) is 8.47. The number of H-pyrrole nitrogens is 1. The molecule has 0 aliphatic heterocycles. The van der Waals surface area contributed by atoms with Crippen molar-refractivity contribution in [3.8, 4) is 0 Å². The molecule has 1 aromatic carbocycles. The summed E-state index contributed by atoms with van der Waals surface area (Å²) in [6.45, 7) is 1.40. The van der Waals surface area contributed by atoms with Crippen LogP contribution in [0.2, 0.25) is 5.02 Å². The summed E-state index contributed by atoms with van der Waals surface area (Å²) in [6, 6.07) is 5.89. The summed E-state index contributed by atoms with van der Waals surface area (Å²) < 4.78 is 0. The first kappa shape index (κ1) is 12.4.